The minimum atomic E-state index is -0.882. The number of nitrogens with two attached hydrogens (primary N) is 2. The van der Waals surface area contributed by atoms with Gasteiger partial charge in [0, 0.05) is 17.8 Å². The summed E-state index contributed by atoms with van der Waals surface area (Å²) >= 11 is 7.36. The second-order valence-electron chi connectivity index (χ2n) is 8.77. The number of hydrogen-bond donors (Lipinski definition) is 4. The third-order valence-electron chi connectivity index (χ3n) is 6.38. The summed E-state index contributed by atoms with van der Waals surface area (Å²) in [5.41, 5.74) is 15.4. The van der Waals surface area contributed by atoms with E-state index in [4.69, 9.17) is 23.1 Å². The van der Waals surface area contributed by atoms with Crippen LogP contribution in [-0.4, -0.2) is 34.5 Å². The number of thioether (sulfide) groups is 1. The summed E-state index contributed by atoms with van der Waals surface area (Å²) in [6.45, 7) is 3.89. The Bertz CT molecular complexity index is 1170. The molecular weight excluding hydrogens is 473 g/mol. The van der Waals surface area contributed by atoms with Crippen molar-refractivity contribution >= 4 is 40.7 Å². The van der Waals surface area contributed by atoms with Gasteiger partial charge >= 0.3 is 0 Å². The summed E-state index contributed by atoms with van der Waals surface area (Å²) in [5.74, 6) is 1.41. The molecule has 7 nitrogen and oxygen atoms in total. The van der Waals surface area contributed by atoms with Crippen molar-refractivity contribution in [2.75, 3.05) is 30.3 Å². The maximum Gasteiger partial charge on any atom is 0.167 e. The van der Waals surface area contributed by atoms with Crippen LogP contribution in [0.1, 0.15) is 24.0 Å². The topological polar surface area (TPSA) is 105 Å². The first-order valence-corrected chi connectivity index (χ1v) is 12.5. The molecule has 1 saturated heterocycles. The molecule has 1 fully saturated rings. The Labute approximate surface area is 207 Å². The van der Waals surface area contributed by atoms with Gasteiger partial charge in [-0.15, -0.1) is 0 Å². The van der Waals surface area contributed by atoms with E-state index < -0.39 is 10.8 Å². The first-order chi connectivity index (χ1) is 16.4. The van der Waals surface area contributed by atoms with Gasteiger partial charge in [-0.3, -0.25) is 10.6 Å². The molecule has 1 unspecified atom stereocenters. The molecule has 3 aromatic rings. The van der Waals surface area contributed by atoms with Gasteiger partial charge in [0.1, 0.15) is 23.8 Å². The van der Waals surface area contributed by atoms with E-state index in [0.29, 0.717) is 23.2 Å². The second kappa shape index (κ2) is 9.67. The molecule has 0 aliphatic carbocycles. The summed E-state index contributed by atoms with van der Waals surface area (Å²) in [5, 5.41) is 6.56. The van der Waals surface area contributed by atoms with Crippen molar-refractivity contribution in [3.63, 3.8) is 0 Å². The van der Waals surface area contributed by atoms with Gasteiger partial charge < -0.3 is 16.4 Å². The van der Waals surface area contributed by atoms with E-state index in [-0.39, 0.29) is 5.02 Å². The molecule has 0 bridgehead atoms. The Kier molecular flexibility index (Phi) is 6.63. The van der Waals surface area contributed by atoms with Crippen molar-refractivity contribution in [3.05, 3.63) is 70.8 Å². The number of halogens is 2. The van der Waals surface area contributed by atoms with Crippen LogP contribution in [0.3, 0.4) is 0 Å². The largest absolute Gasteiger partial charge is 0.339 e. The van der Waals surface area contributed by atoms with Gasteiger partial charge in [0.15, 0.2) is 4.99 Å². The van der Waals surface area contributed by atoms with Gasteiger partial charge in [0.2, 0.25) is 0 Å². The zero-order chi connectivity index (χ0) is 23.7. The van der Waals surface area contributed by atoms with E-state index in [9.17, 15) is 4.39 Å². The van der Waals surface area contributed by atoms with Crippen LogP contribution in [0.25, 0.3) is 0 Å². The number of hydrogen-bond acceptors (Lipinski definition) is 8. The van der Waals surface area contributed by atoms with Gasteiger partial charge in [-0.05, 0) is 62.2 Å². The van der Waals surface area contributed by atoms with Crippen molar-refractivity contribution in [1.29, 1.82) is 0 Å². The molecule has 5 rings (SSSR count). The number of fused-ring (bicyclic) bond motifs is 1. The molecule has 34 heavy (non-hydrogen) atoms. The van der Waals surface area contributed by atoms with Crippen LogP contribution in [-0.2, 0) is 11.5 Å². The van der Waals surface area contributed by atoms with Gasteiger partial charge in [-0.1, -0.05) is 47.6 Å². The lowest BCUT2D eigenvalue weighted by Crippen LogP contribution is -2.38. The fourth-order valence-electron chi connectivity index (χ4n) is 4.35. The SMILES string of the molecule is NCC1CCN(Cc2ccc(C3(N)Nc4ncnc(Nc5ccc(F)c(Cl)c5)c4S3)cc2)CC1. The van der Waals surface area contributed by atoms with Crippen molar-refractivity contribution < 1.29 is 4.39 Å². The van der Waals surface area contributed by atoms with Crippen molar-refractivity contribution in [1.82, 2.24) is 14.9 Å². The lowest BCUT2D eigenvalue weighted by atomic mass is 9.97. The Balaban J connectivity index is 1.29. The normalized spacial score (nSPS) is 20.7. The molecule has 2 aromatic carbocycles. The molecule has 2 aliphatic rings. The van der Waals surface area contributed by atoms with Crippen LogP contribution < -0.4 is 22.1 Å². The van der Waals surface area contributed by atoms with Crippen LogP contribution >= 0.6 is 23.4 Å². The molecule has 0 amide bonds. The second-order valence-corrected chi connectivity index (χ2v) is 10.4. The fraction of sp³-hybridized carbons (Fsp3) is 0.333. The molecule has 6 N–H and O–H groups in total. The molecule has 0 spiro atoms. The summed E-state index contributed by atoms with van der Waals surface area (Å²) in [6.07, 6.45) is 3.80. The van der Waals surface area contributed by atoms with Crippen LogP contribution in [0.15, 0.2) is 53.7 Å². The van der Waals surface area contributed by atoms with Gasteiger partial charge in [-0.25, -0.2) is 14.4 Å². The highest BCUT2D eigenvalue weighted by molar-refractivity contribution is 8.01. The summed E-state index contributed by atoms with van der Waals surface area (Å²) in [6, 6.07) is 12.8. The number of aromatic nitrogens is 2. The molecule has 10 heteroatoms. The number of likely N-dealkylation sites (tertiary alicyclic amines) is 1. The van der Waals surface area contributed by atoms with E-state index in [1.54, 1.807) is 6.07 Å². The van der Waals surface area contributed by atoms with E-state index >= 15 is 0 Å². The summed E-state index contributed by atoms with van der Waals surface area (Å²) in [7, 11) is 0. The number of benzene rings is 2. The number of nitrogens with zero attached hydrogens (tertiary/aromatic N) is 3. The molecule has 3 heterocycles. The number of nitrogens with one attached hydrogen (secondary N) is 2. The average Bonchev–Trinajstić information content (AvgIpc) is 3.21. The van der Waals surface area contributed by atoms with Crippen molar-refractivity contribution in [2.24, 2.45) is 17.4 Å². The standard InChI is InChI=1S/C24H27ClFN7S/c25-19-11-18(5-6-20(19)26)31-22-21-23(30-14-29-22)32-24(28,34-21)17-3-1-16(2-4-17)13-33-9-7-15(12-27)8-10-33/h1-6,11,14-15H,7-10,12-13,27-28H2,(H2,29,30,31,32). The summed E-state index contributed by atoms with van der Waals surface area (Å²) in [4.78, 5) is 11.1. The molecule has 178 valence electrons. The van der Waals surface area contributed by atoms with Crippen LogP contribution in [0.4, 0.5) is 21.7 Å². The minimum Gasteiger partial charge on any atom is -0.339 e. The average molecular weight is 500 g/mol. The highest BCUT2D eigenvalue weighted by Gasteiger charge is 2.38. The molecule has 0 saturated carbocycles. The van der Waals surface area contributed by atoms with Crippen molar-refractivity contribution in [2.45, 2.75) is 29.3 Å². The number of piperidine rings is 1. The number of anilines is 3. The van der Waals surface area contributed by atoms with Gasteiger partial charge in [-0.2, -0.15) is 0 Å². The predicted octanol–water partition coefficient (Wildman–Crippen LogP) is 4.47. The highest BCUT2D eigenvalue weighted by Crippen LogP contribution is 2.50. The molecule has 2 aliphatic heterocycles. The predicted molar refractivity (Wildman–Crippen MR) is 136 cm³/mol. The summed E-state index contributed by atoms with van der Waals surface area (Å²) < 4.78 is 13.5. The Morgan fingerprint density at radius 2 is 1.94 bits per heavy atom. The third-order valence-corrected chi connectivity index (χ3v) is 7.92. The van der Waals surface area contributed by atoms with Gasteiger partial charge in [0.25, 0.3) is 0 Å². The first-order valence-electron chi connectivity index (χ1n) is 11.3. The smallest absolute Gasteiger partial charge is 0.167 e. The van der Waals surface area contributed by atoms with Gasteiger partial charge in [0.05, 0.1) is 9.92 Å². The first kappa shape index (κ1) is 23.3. The third kappa shape index (κ3) is 4.85. The molecular formula is C24H27ClFN7S. The maximum atomic E-state index is 13.5. The highest BCUT2D eigenvalue weighted by atomic mass is 35.5. The maximum absolute atomic E-state index is 13.5. The zero-order valence-corrected chi connectivity index (χ0v) is 20.2. The molecule has 1 aromatic heterocycles. The van der Waals surface area contributed by atoms with E-state index in [1.807, 2.05) is 0 Å². The fourth-order valence-corrected chi connectivity index (χ4v) is 5.65. The minimum absolute atomic E-state index is 0.0403. The lowest BCUT2D eigenvalue weighted by molar-refractivity contribution is 0.180. The molecule has 1 atom stereocenters. The molecule has 0 radical (unpaired) electrons. The van der Waals surface area contributed by atoms with Crippen molar-refractivity contribution in [3.8, 4) is 0 Å². The lowest BCUT2D eigenvalue weighted by Gasteiger charge is -2.31. The Hall–Kier alpha value is -2.43. The quantitative estimate of drug-likeness (QED) is 0.393. The number of rotatable bonds is 6. The zero-order valence-electron chi connectivity index (χ0n) is 18.6. The van der Waals surface area contributed by atoms with Crippen LogP contribution in [0, 0.1) is 11.7 Å². The Morgan fingerprint density at radius 3 is 2.65 bits per heavy atom. The Morgan fingerprint density at radius 1 is 1.18 bits per heavy atom. The van der Waals surface area contributed by atoms with Crippen LogP contribution in [0.5, 0.6) is 0 Å². The van der Waals surface area contributed by atoms with E-state index in [0.717, 1.165) is 36.6 Å². The van der Waals surface area contributed by atoms with Crippen LogP contribution in [0.2, 0.25) is 5.02 Å². The van der Waals surface area contributed by atoms with E-state index in [1.165, 1.54) is 48.6 Å². The monoisotopic (exact) mass is 499 g/mol. The van der Waals surface area contributed by atoms with E-state index in [2.05, 4.69) is 49.8 Å².